The highest BCUT2D eigenvalue weighted by Crippen LogP contribution is 2.22. The molecular weight excluding hydrogens is 272 g/mol. The van der Waals surface area contributed by atoms with Crippen molar-refractivity contribution >= 4 is 17.6 Å². The Kier molecular flexibility index (Phi) is 3.98. The van der Waals surface area contributed by atoms with Crippen molar-refractivity contribution in [3.63, 3.8) is 0 Å². The van der Waals surface area contributed by atoms with E-state index in [1.807, 2.05) is 13.8 Å². The number of anilines is 1. The number of rotatable bonds is 4. The third kappa shape index (κ3) is 3.05. The summed E-state index contributed by atoms with van der Waals surface area (Å²) in [4.78, 5) is 23.4. The van der Waals surface area contributed by atoms with E-state index in [0.717, 1.165) is 6.07 Å². The third-order valence-electron chi connectivity index (χ3n) is 3.05. The van der Waals surface area contributed by atoms with Crippen LogP contribution >= 0.6 is 0 Å². The van der Waals surface area contributed by atoms with Gasteiger partial charge in [0.2, 0.25) is 0 Å². The number of hydrogen-bond donors (Lipinski definition) is 3. The van der Waals surface area contributed by atoms with E-state index in [1.165, 1.54) is 12.1 Å². The SMILES string of the molecule is CC(C)n1cccc1C(=O)Nc1ccc(O)cc1C(=O)O. The molecule has 0 radical (unpaired) electrons. The van der Waals surface area contributed by atoms with E-state index in [9.17, 15) is 14.7 Å². The number of aromatic nitrogens is 1. The molecule has 0 spiro atoms. The maximum absolute atomic E-state index is 12.3. The predicted octanol–water partition coefficient (Wildman–Crippen LogP) is 2.73. The minimum absolute atomic E-state index is 0.111. The molecule has 1 amide bonds. The summed E-state index contributed by atoms with van der Waals surface area (Å²) in [7, 11) is 0. The van der Waals surface area contributed by atoms with Crippen molar-refractivity contribution in [2.75, 3.05) is 5.32 Å². The van der Waals surface area contributed by atoms with E-state index < -0.39 is 11.9 Å². The van der Waals surface area contributed by atoms with Crippen LogP contribution in [0.2, 0.25) is 0 Å². The zero-order valence-corrected chi connectivity index (χ0v) is 11.7. The largest absolute Gasteiger partial charge is 0.508 e. The van der Waals surface area contributed by atoms with Gasteiger partial charge in [-0.2, -0.15) is 0 Å². The van der Waals surface area contributed by atoms with Crippen molar-refractivity contribution < 1.29 is 19.8 Å². The Bertz CT molecular complexity index is 689. The normalized spacial score (nSPS) is 10.6. The van der Waals surface area contributed by atoms with Crippen LogP contribution < -0.4 is 5.32 Å². The first-order chi connectivity index (χ1) is 9.90. The van der Waals surface area contributed by atoms with E-state index in [2.05, 4.69) is 5.32 Å². The van der Waals surface area contributed by atoms with E-state index in [1.54, 1.807) is 22.9 Å². The number of phenolic OH excluding ortho intramolecular Hbond substituents is 1. The zero-order chi connectivity index (χ0) is 15.6. The van der Waals surface area contributed by atoms with E-state index in [-0.39, 0.29) is 23.0 Å². The third-order valence-corrected chi connectivity index (χ3v) is 3.05. The number of carboxylic acid groups (broad SMARTS) is 1. The Labute approximate surface area is 121 Å². The number of nitrogens with zero attached hydrogens (tertiary/aromatic N) is 1. The van der Waals surface area contributed by atoms with Crippen LogP contribution in [0.15, 0.2) is 36.5 Å². The van der Waals surface area contributed by atoms with Crippen LogP contribution in [0.25, 0.3) is 0 Å². The zero-order valence-electron chi connectivity index (χ0n) is 11.7. The van der Waals surface area contributed by atoms with E-state index in [0.29, 0.717) is 5.69 Å². The van der Waals surface area contributed by atoms with Gasteiger partial charge < -0.3 is 20.1 Å². The molecule has 1 aromatic heterocycles. The van der Waals surface area contributed by atoms with E-state index in [4.69, 9.17) is 5.11 Å². The Balaban J connectivity index is 2.32. The smallest absolute Gasteiger partial charge is 0.337 e. The molecule has 2 aromatic rings. The molecule has 6 nitrogen and oxygen atoms in total. The summed E-state index contributed by atoms with van der Waals surface area (Å²) in [5.74, 6) is -1.79. The maximum Gasteiger partial charge on any atom is 0.337 e. The molecule has 0 atom stereocenters. The van der Waals surface area contributed by atoms with Gasteiger partial charge in [0.05, 0.1) is 11.3 Å². The van der Waals surface area contributed by atoms with Gasteiger partial charge in [-0.25, -0.2) is 4.79 Å². The first kappa shape index (κ1) is 14.6. The lowest BCUT2D eigenvalue weighted by molar-refractivity contribution is 0.0697. The molecule has 1 heterocycles. The average molecular weight is 288 g/mol. The fourth-order valence-electron chi connectivity index (χ4n) is 2.04. The van der Waals surface area contributed by atoms with Crippen molar-refractivity contribution in [1.29, 1.82) is 0 Å². The number of nitrogens with one attached hydrogen (secondary N) is 1. The van der Waals surface area contributed by atoms with Gasteiger partial charge in [-0.1, -0.05) is 0 Å². The summed E-state index contributed by atoms with van der Waals surface area (Å²) in [5.41, 5.74) is 0.419. The molecule has 0 bridgehead atoms. The molecule has 6 heteroatoms. The number of carboxylic acids is 1. The van der Waals surface area contributed by atoms with Crippen LogP contribution in [0.1, 0.15) is 40.7 Å². The van der Waals surface area contributed by atoms with Crippen LogP contribution in [0.5, 0.6) is 5.75 Å². The number of phenols is 1. The Hall–Kier alpha value is -2.76. The van der Waals surface area contributed by atoms with Gasteiger partial charge in [-0.05, 0) is 44.2 Å². The maximum atomic E-state index is 12.3. The summed E-state index contributed by atoms with van der Waals surface area (Å²) < 4.78 is 1.79. The average Bonchev–Trinajstić information content (AvgIpc) is 2.90. The van der Waals surface area contributed by atoms with Crippen molar-refractivity contribution in [2.45, 2.75) is 19.9 Å². The second-order valence-corrected chi connectivity index (χ2v) is 4.88. The quantitative estimate of drug-likeness (QED) is 0.754. The highest BCUT2D eigenvalue weighted by Gasteiger charge is 2.17. The lowest BCUT2D eigenvalue weighted by Gasteiger charge is -2.14. The number of aromatic hydroxyl groups is 1. The van der Waals surface area contributed by atoms with Gasteiger partial charge in [0.25, 0.3) is 5.91 Å². The van der Waals surface area contributed by atoms with Crippen molar-refractivity contribution in [1.82, 2.24) is 4.57 Å². The first-order valence-corrected chi connectivity index (χ1v) is 6.44. The van der Waals surface area contributed by atoms with Crippen LogP contribution in [0, 0.1) is 0 Å². The standard InChI is InChI=1S/C15H16N2O4/c1-9(2)17-7-3-4-13(17)14(19)16-12-6-5-10(18)8-11(12)15(20)21/h3-9,18H,1-2H3,(H,16,19)(H,20,21). The van der Waals surface area contributed by atoms with Crippen LogP contribution in [0.3, 0.4) is 0 Å². The summed E-state index contributed by atoms with van der Waals surface area (Å²) in [6, 6.07) is 7.31. The summed E-state index contributed by atoms with van der Waals surface area (Å²) >= 11 is 0. The lowest BCUT2D eigenvalue weighted by atomic mass is 10.1. The molecule has 110 valence electrons. The van der Waals surface area contributed by atoms with Crippen molar-refractivity contribution in [3.8, 4) is 5.75 Å². The number of benzene rings is 1. The molecule has 1 aromatic carbocycles. The van der Waals surface area contributed by atoms with Gasteiger partial charge in [0.15, 0.2) is 0 Å². The van der Waals surface area contributed by atoms with Gasteiger partial charge >= 0.3 is 5.97 Å². The molecule has 0 saturated heterocycles. The number of carbonyl (C=O) groups excluding carboxylic acids is 1. The minimum Gasteiger partial charge on any atom is -0.508 e. The van der Waals surface area contributed by atoms with Gasteiger partial charge in [-0.15, -0.1) is 0 Å². The lowest BCUT2D eigenvalue weighted by Crippen LogP contribution is -2.19. The predicted molar refractivity (Wildman–Crippen MR) is 77.8 cm³/mol. The molecule has 0 fully saturated rings. The number of aromatic carboxylic acids is 1. The number of amides is 1. The van der Waals surface area contributed by atoms with Crippen molar-refractivity contribution in [3.05, 3.63) is 47.8 Å². The summed E-state index contributed by atoms with van der Waals surface area (Å²) in [5, 5.41) is 21.0. The molecule has 0 aliphatic rings. The molecule has 0 aliphatic carbocycles. The molecular formula is C15H16N2O4. The fraction of sp³-hybridized carbons (Fsp3) is 0.200. The minimum atomic E-state index is -1.22. The van der Waals surface area contributed by atoms with Crippen LogP contribution in [-0.4, -0.2) is 26.7 Å². The van der Waals surface area contributed by atoms with E-state index >= 15 is 0 Å². The van der Waals surface area contributed by atoms with Crippen molar-refractivity contribution in [2.24, 2.45) is 0 Å². The first-order valence-electron chi connectivity index (χ1n) is 6.44. The van der Waals surface area contributed by atoms with Gasteiger partial charge in [0.1, 0.15) is 11.4 Å². The molecule has 21 heavy (non-hydrogen) atoms. The van der Waals surface area contributed by atoms with Gasteiger partial charge in [-0.3, -0.25) is 4.79 Å². The van der Waals surface area contributed by atoms with Crippen LogP contribution in [0.4, 0.5) is 5.69 Å². The Morgan fingerprint density at radius 2 is 1.95 bits per heavy atom. The molecule has 0 aliphatic heterocycles. The highest BCUT2D eigenvalue weighted by molar-refractivity contribution is 6.07. The fourth-order valence-corrected chi connectivity index (χ4v) is 2.04. The summed E-state index contributed by atoms with van der Waals surface area (Å²) in [6.45, 7) is 3.89. The molecule has 0 saturated carbocycles. The Morgan fingerprint density at radius 1 is 1.24 bits per heavy atom. The molecule has 0 unspecified atom stereocenters. The molecule has 2 rings (SSSR count). The highest BCUT2D eigenvalue weighted by atomic mass is 16.4. The number of hydrogen-bond acceptors (Lipinski definition) is 3. The topological polar surface area (TPSA) is 91.6 Å². The van der Waals surface area contributed by atoms with Gasteiger partial charge in [0, 0.05) is 12.2 Å². The monoisotopic (exact) mass is 288 g/mol. The Morgan fingerprint density at radius 3 is 2.57 bits per heavy atom. The van der Waals surface area contributed by atoms with Crippen LogP contribution in [-0.2, 0) is 0 Å². The second kappa shape index (κ2) is 5.70. The summed E-state index contributed by atoms with van der Waals surface area (Å²) in [6.07, 6.45) is 1.79. The molecule has 3 N–H and O–H groups in total. The second-order valence-electron chi connectivity index (χ2n) is 4.88. The number of carbonyl (C=O) groups is 2.